The highest BCUT2D eigenvalue weighted by molar-refractivity contribution is 5.26. The first kappa shape index (κ1) is 11.2. The predicted molar refractivity (Wildman–Crippen MR) is 60.8 cm³/mol. The van der Waals surface area contributed by atoms with Crippen LogP contribution in [0.25, 0.3) is 0 Å². The monoisotopic (exact) mass is 236 g/mol. The molecular formula is C10H12N4O3. The molecule has 0 aliphatic heterocycles. The Bertz CT molecular complexity index is 645. The fourth-order valence-electron chi connectivity index (χ4n) is 1.44. The van der Waals surface area contributed by atoms with E-state index in [1.54, 1.807) is 13.8 Å². The molecular weight excluding hydrogens is 224 g/mol. The molecule has 0 unspecified atom stereocenters. The highest BCUT2D eigenvalue weighted by Gasteiger charge is 2.09. The normalized spacial score (nSPS) is 10.7. The maximum atomic E-state index is 11.5. The van der Waals surface area contributed by atoms with Crippen molar-refractivity contribution in [3.63, 3.8) is 0 Å². The van der Waals surface area contributed by atoms with Crippen molar-refractivity contribution in [2.24, 2.45) is 0 Å². The van der Waals surface area contributed by atoms with Crippen molar-refractivity contribution in [2.45, 2.75) is 20.4 Å². The zero-order valence-electron chi connectivity index (χ0n) is 9.48. The molecule has 2 aromatic rings. The third-order valence-electron chi connectivity index (χ3n) is 2.43. The number of hydrogen-bond acceptors (Lipinski definition) is 5. The molecule has 0 spiro atoms. The number of rotatable bonds is 2. The molecule has 3 N–H and O–H groups in total. The second kappa shape index (κ2) is 3.93. The summed E-state index contributed by atoms with van der Waals surface area (Å²) < 4.78 is 6.53. The van der Waals surface area contributed by atoms with Gasteiger partial charge < -0.3 is 10.2 Å². The van der Waals surface area contributed by atoms with E-state index in [1.807, 2.05) is 0 Å². The Morgan fingerprint density at radius 1 is 1.47 bits per heavy atom. The van der Waals surface area contributed by atoms with Crippen LogP contribution in [0.15, 0.2) is 20.1 Å². The summed E-state index contributed by atoms with van der Waals surface area (Å²) in [6, 6.07) is 1.14. The summed E-state index contributed by atoms with van der Waals surface area (Å²) >= 11 is 0. The zero-order chi connectivity index (χ0) is 12.6. The minimum absolute atomic E-state index is 0.0762. The molecule has 0 saturated heterocycles. The molecule has 0 aliphatic carbocycles. The van der Waals surface area contributed by atoms with Crippen molar-refractivity contribution in [3.05, 3.63) is 44.2 Å². The van der Waals surface area contributed by atoms with Crippen LogP contribution in [0, 0.1) is 13.8 Å². The average molecular weight is 236 g/mol. The van der Waals surface area contributed by atoms with Gasteiger partial charge in [0.25, 0.3) is 5.56 Å². The molecule has 17 heavy (non-hydrogen) atoms. The summed E-state index contributed by atoms with van der Waals surface area (Å²) in [4.78, 5) is 28.8. The van der Waals surface area contributed by atoms with Gasteiger partial charge >= 0.3 is 5.69 Å². The van der Waals surface area contributed by atoms with E-state index in [4.69, 9.17) is 10.2 Å². The number of oxazole rings is 1. The summed E-state index contributed by atoms with van der Waals surface area (Å²) in [6.45, 7) is 3.68. The van der Waals surface area contributed by atoms with Crippen LogP contribution >= 0.6 is 0 Å². The first-order valence-electron chi connectivity index (χ1n) is 5.00. The van der Waals surface area contributed by atoms with Gasteiger partial charge in [-0.3, -0.25) is 14.3 Å². The Kier molecular flexibility index (Phi) is 2.58. The third-order valence-corrected chi connectivity index (χ3v) is 2.43. The van der Waals surface area contributed by atoms with Gasteiger partial charge in [0, 0.05) is 6.07 Å². The van der Waals surface area contributed by atoms with Crippen LogP contribution < -0.4 is 17.0 Å². The van der Waals surface area contributed by atoms with Gasteiger partial charge in [-0.1, -0.05) is 0 Å². The molecule has 2 rings (SSSR count). The topological polar surface area (TPSA) is 107 Å². The van der Waals surface area contributed by atoms with Gasteiger partial charge in [-0.25, -0.2) is 9.78 Å². The Balaban J connectivity index is 2.43. The number of aromatic amines is 1. The van der Waals surface area contributed by atoms with Gasteiger partial charge in [0.05, 0.1) is 5.69 Å². The first-order chi connectivity index (χ1) is 7.97. The molecule has 0 aliphatic rings. The molecule has 0 amide bonds. The van der Waals surface area contributed by atoms with E-state index in [-0.39, 0.29) is 12.4 Å². The number of aryl methyl sites for hydroxylation is 2. The standard InChI is InChI=1S/C10H12N4O3/c1-5-6(2)17-9(12-5)4-14-7(11)3-8(15)13-10(14)16/h3H,4,11H2,1-2H3,(H,13,15,16). The summed E-state index contributed by atoms with van der Waals surface area (Å²) in [5.74, 6) is 1.14. The number of anilines is 1. The molecule has 0 bridgehead atoms. The van der Waals surface area contributed by atoms with Crippen LogP contribution in [0.4, 0.5) is 5.82 Å². The van der Waals surface area contributed by atoms with Crippen LogP contribution in [0.2, 0.25) is 0 Å². The van der Waals surface area contributed by atoms with Gasteiger partial charge in [-0.15, -0.1) is 0 Å². The molecule has 0 fully saturated rings. The van der Waals surface area contributed by atoms with E-state index in [2.05, 4.69) is 9.97 Å². The number of hydrogen-bond donors (Lipinski definition) is 2. The van der Waals surface area contributed by atoms with Gasteiger partial charge in [0.15, 0.2) is 0 Å². The summed E-state index contributed by atoms with van der Waals surface area (Å²) in [7, 11) is 0. The average Bonchev–Trinajstić information content (AvgIpc) is 2.52. The number of nitrogens with one attached hydrogen (secondary N) is 1. The number of nitrogens with zero attached hydrogens (tertiary/aromatic N) is 2. The number of nitrogens with two attached hydrogens (primary N) is 1. The first-order valence-corrected chi connectivity index (χ1v) is 5.00. The van der Waals surface area contributed by atoms with Gasteiger partial charge in [-0.2, -0.15) is 0 Å². The van der Waals surface area contributed by atoms with Crippen molar-refractivity contribution in [1.82, 2.24) is 14.5 Å². The lowest BCUT2D eigenvalue weighted by atomic mass is 10.4. The maximum Gasteiger partial charge on any atom is 0.330 e. The van der Waals surface area contributed by atoms with Gasteiger partial charge in [0.2, 0.25) is 5.89 Å². The van der Waals surface area contributed by atoms with E-state index in [1.165, 1.54) is 4.57 Å². The molecule has 0 radical (unpaired) electrons. The smallest absolute Gasteiger partial charge is 0.330 e. The molecule has 7 heteroatoms. The van der Waals surface area contributed by atoms with Gasteiger partial charge in [-0.05, 0) is 13.8 Å². The highest BCUT2D eigenvalue weighted by atomic mass is 16.4. The lowest BCUT2D eigenvalue weighted by molar-refractivity contribution is 0.453. The summed E-state index contributed by atoms with van der Waals surface area (Å²) in [5, 5.41) is 0. The zero-order valence-corrected chi connectivity index (χ0v) is 9.48. The second-order valence-corrected chi connectivity index (χ2v) is 3.70. The molecule has 2 aromatic heterocycles. The van der Waals surface area contributed by atoms with Crippen molar-refractivity contribution in [3.8, 4) is 0 Å². The summed E-state index contributed by atoms with van der Waals surface area (Å²) in [6.07, 6.45) is 0. The fourth-order valence-corrected chi connectivity index (χ4v) is 1.44. The maximum absolute atomic E-state index is 11.5. The Morgan fingerprint density at radius 2 is 2.18 bits per heavy atom. The van der Waals surface area contributed by atoms with E-state index in [0.29, 0.717) is 11.7 Å². The largest absolute Gasteiger partial charge is 0.444 e. The van der Waals surface area contributed by atoms with Crippen molar-refractivity contribution >= 4 is 5.82 Å². The Morgan fingerprint density at radius 3 is 2.71 bits per heavy atom. The van der Waals surface area contributed by atoms with E-state index < -0.39 is 11.2 Å². The third kappa shape index (κ3) is 2.12. The Hall–Kier alpha value is -2.31. The van der Waals surface area contributed by atoms with Crippen LogP contribution in [0.3, 0.4) is 0 Å². The quantitative estimate of drug-likeness (QED) is 0.749. The predicted octanol–water partition coefficient (Wildman–Crippen LogP) is -0.228. The number of aromatic nitrogens is 3. The number of H-pyrrole nitrogens is 1. The lowest BCUT2D eigenvalue weighted by Crippen LogP contribution is -2.31. The lowest BCUT2D eigenvalue weighted by Gasteiger charge is -2.04. The molecule has 0 atom stereocenters. The van der Waals surface area contributed by atoms with Crippen LogP contribution in [-0.2, 0) is 6.54 Å². The molecule has 0 aromatic carbocycles. The molecule has 2 heterocycles. The van der Waals surface area contributed by atoms with E-state index in [0.717, 1.165) is 11.8 Å². The highest BCUT2D eigenvalue weighted by Crippen LogP contribution is 2.09. The summed E-state index contributed by atoms with van der Waals surface area (Å²) in [5.41, 5.74) is 5.24. The van der Waals surface area contributed by atoms with Crippen molar-refractivity contribution < 1.29 is 4.42 Å². The fraction of sp³-hybridized carbons (Fsp3) is 0.300. The Labute approximate surface area is 95.9 Å². The van der Waals surface area contributed by atoms with Crippen LogP contribution in [0.5, 0.6) is 0 Å². The minimum Gasteiger partial charge on any atom is -0.444 e. The second-order valence-electron chi connectivity index (χ2n) is 3.70. The molecule has 90 valence electrons. The van der Waals surface area contributed by atoms with E-state index in [9.17, 15) is 9.59 Å². The van der Waals surface area contributed by atoms with E-state index >= 15 is 0 Å². The molecule has 7 nitrogen and oxygen atoms in total. The minimum atomic E-state index is -0.580. The SMILES string of the molecule is Cc1nc(Cn2c(N)cc(=O)[nH]c2=O)oc1C. The van der Waals surface area contributed by atoms with Crippen molar-refractivity contribution in [2.75, 3.05) is 5.73 Å². The van der Waals surface area contributed by atoms with Gasteiger partial charge in [0.1, 0.15) is 18.1 Å². The van der Waals surface area contributed by atoms with Crippen LogP contribution in [0.1, 0.15) is 17.3 Å². The van der Waals surface area contributed by atoms with Crippen molar-refractivity contribution in [1.29, 1.82) is 0 Å². The molecule has 0 saturated carbocycles. The number of nitrogen functional groups attached to an aromatic ring is 1. The van der Waals surface area contributed by atoms with Crippen LogP contribution in [-0.4, -0.2) is 14.5 Å².